The van der Waals surface area contributed by atoms with E-state index in [1.807, 2.05) is 0 Å². The first-order valence-electron chi connectivity index (χ1n) is 7.35. The summed E-state index contributed by atoms with van der Waals surface area (Å²) in [7, 11) is 0. The highest BCUT2D eigenvalue weighted by Gasteiger charge is 2.20. The molecule has 0 fully saturated rings. The highest BCUT2D eigenvalue weighted by atomic mass is 32.1. The Morgan fingerprint density at radius 2 is 1.89 bits per heavy atom. The molecule has 0 heterocycles. The molecule has 0 radical (unpaired) electrons. The standard InChI is InChI=1S/C15H26N2OS.H2/c1-5-17(6-2)13-12(14(18)15(13)19)16-10-8-7-9-11(3)4;/h11,16H,5-10H2,1-4H3;1H. The van der Waals surface area contributed by atoms with Crippen LogP contribution in [0, 0.1) is 10.4 Å². The van der Waals surface area contributed by atoms with E-state index in [9.17, 15) is 4.79 Å². The third-order valence-corrected chi connectivity index (χ3v) is 3.85. The van der Waals surface area contributed by atoms with Gasteiger partial charge in [-0.15, -0.1) is 0 Å². The molecule has 0 amide bonds. The van der Waals surface area contributed by atoms with Crippen molar-refractivity contribution in [1.29, 1.82) is 0 Å². The Morgan fingerprint density at radius 3 is 2.42 bits per heavy atom. The molecule has 0 aromatic heterocycles. The minimum Gasteiger partial charge on any atom is -0.380 e. The van der Waals surface area contributed by atoms with Crippen molar-refractivity contribution in [3.63, 3.8) is 0 Å². The second-order valence-corrected chi connectivity index (χ2v) is 5.78. The molecule has 0 atom stereocenters. The summed E-state index contributed by atoms with van der Waals surface area (Å²) in [4.78, 5) is 13.9. The molecule has 1 N–H and O–H groups in total. The van der Waals surface area contributed by atoms with Gasteiger partial charge in [0.25, 0.3) is 0 Å². The van der Waals surface area contributed by atoms with Crippen molar-refractivity contribution < 1.29 is 1.43 Å². The summed E-state index contributed by atoms with van der Waals surface area (Å²) in [5, 5.41) is 3.27. The molecule has 3 nitrogen and oxygen atoms in total. The van der Waals surface area contributed by atoms with Crippen molar-refractivity contribution in [3.05, 3.63) is 14.7 Å². The topological polar surface area (TPSA) is 32.3 Å². The molecule has 0 spiro atoms. The van der Waals surface area contributed by atoms with Crippen molar-refractivity contribution in [2.24, 2.45) is 5.92 Å². The van der Waals surface area contributed by atoms with Gasteiger partial charge in [0.1, 0.15) is 10.2 Å². The zero-order chi connectivity index (χ0) is 14.4. The summed E-state index contributed by atoms with van der Waals surface area (Å²) < 4.78 is 0.494. The zero-order valence-corrected chi connectivity index (χ0v) is 13.4. The summed E-state index contributed by atoms with van der Waals surface area (Å²) in [6, 6.07) is 0. The molecule has 0 aliphatic heterocycles. The third-order valence-electron chi connectivity index (χ3n) is 3.47. The highest BCUT2D eigenvalue weighted by Crippen LogP contribution is 2.27. The molecule has 19 heavy (non-hydrogen) atoms. The van der Waals surface area contributed by atoms with Crippen LogP contribution < -0.4 is 15.6 Å². The van der Waals surface area contributed by atoms with Crippen LogP contribution in [-0.2, 0) is 0 Å². The van der Waals surface area contributed by atoms with Gasteiger partial charge >= 0.3 is 0 Å². The van der Waals surface area contributed by atoms with E-state index in [0.29, 0.717) is 4.51 Å². The summed E-state index contributed by atoms with van der Waals surface area (Å²) in [5.41, 5.74) is 1.70. The van der Waals surface area contributed by atoms with Gasteiger partial charge in [0, 0.05) is 21.1 Å². The maximum Gasteiger partial charge on any atom is 0.223 e. The molecule has 0 aliphatic carbocycles. The lowest BCUT2D eigenvalue weighted by molar-refractivity contribution is 0.544. The Balaban J connectivity index is 0.00000361. The molecule has 1 rings (SSSR count). The Labute approximate surface area is 123 Å². The lowest BCUT2D eigenvalue weighted by Gasteiger charge is -2.26. The molecule has 0 unspecified atom stereocenters. The fraction of sp³-hybridized carbons (Fsp3) is 0.733. The van der Waals surface area contributed by atoms with Crippen LogP contribution in [0.25, 0.3) is 0 Å². The Morgan fingerprint density at radius 1 is 1.26 bits per heavy atom. The number of rotatable bonds is 9. The van der Waals surface area contributed by atoms with Crippen LogP contribution in [-0.4, -0.2) is 19.6 Å². The van der Waals surface area contributed by atoms with Gasteiger partial charge < -0.3 is 10.2 Å². The average Bonchev–Trinajstić information content (AvgIpc) is 2.40. The van der Waals surface area contributed by atoms with Gasteiger partial charge in [-0.3, -0.25) is 4.79 Å². The summed E-state index contributed by atoms with van der Waals surface area (Å²) in [6.45, 7) is 11.3. The quantitative estimate of drug-likeness (QED) is 0.549. The van der Waals surface area contributed by atoms with Gasteiger partial charge in [0.2, 0.25) is 5.43 Å². The lowest BCUT2D eigenvalue weighted by Crippen LogP contribution is -2.31. The second-order valence-electron chi connectivity index (χ2n) is 5.37. The summed E-state index contributed by atoms with van der Waals surface area (Å²) >= 11 is 5.16. The van der Waals surface area contributed by atoms with Crippen molar-refractivity contribution in [3.8, 4) is 0 Å². The van der Waals surface area contributed by atoms with Crippen LogP contribution >= 0.6 is 12.2 Å². The van der Waals surface area contributed by atoms with E-state index >= 15 is 0 Å². The van der Waals surface area contributed by atoms with Gasteiger partial charge in [0.05, 0.1) is 5.69 Å². The zero-order valence-electron chi connectivity index (χ0n) is 12.6. The molecule has 0 saturated carbocycles. The number of anilines is 2. The molecule has 110 valence electrons. The van der Waals surface area contributed by atoms with Crippen LogP contribution in [0.15, 0.2) is 4.79 Å². The molecular formula is C15H28N2OS. The number of nitrogens with zero attached hydrogens (tertiary/aromatic N) is 1. The number of hydrogen-bond acceptors (Lipinski definition) is 4. The number of hydrogen-bond donors (Lipinski definition) is 1. The van der Waals surface area contributed by atoms with E-state index in [4.69, 9.17) is 12.2 Å². The van der Waals surface area contributed by atoms with Crippen molar-refractivity contribution in [2.75, 3.05) is 29.9 Å². The first-order valence-corrected chi connectivity index (χ1v) is 7.75. The fourth-order valence-corrected chi connectivity index (χ4v) is 2.61. The molecule has 0 bridgehead atoms. The van der Waals surface area contributed by atoms with Crippen LogP contribution in [0.4, 0.5) is 11.4 Å². The van der Waals surface area contributed by atoms with Gasteiger partial charge in [-0.2, -0.15) is 0 Å². The average molecular weight is 284 g/mol. The number of unbranched alkanes of at least 4 members (excludes halogenated alkanes) is 1. The minimum atomic E-state index is 0. The molecule has 1 aromatic carbocycles. The maximum absolute atomic E-state index is 11.8. The monoisotopic (exact) mass is 284 g/mol. The predicted octanol–water partition coefficient (Wildman–Crippen LogP) is 3.98. The van der Waals surface area contributed by atoms with Crippen LogP contribution in [0.3, 0.4) is 0 Å². The fourth-order valence-electron chi connectivity index (χ4n) is 2.28. The Bertz CT molecular complexity index is 462. The molecule has 0 aliphatic rings. The van der Waals surface area contributed by atoms with E-state index in [1.165, 1.54) is 12.8 Å². The van der Waals surface area contributed by atoms with E-state index < -0.39 is 0 Å². The third kappa shape index (κ3) is 4.03. The smallest absolute Gasteiger partial charge is 0.223 e. The van der Waals surface area contributed by atoms with Crippen LogP contribution in [0.5, 0.6) is 0 Å². The predicted molar refractivity (Wildman–Crippen MR) is 88.8 cm³/mol. The molecule has 0 saturated heterocycles. The summed E-state index contributed by atoms with van der Waals surface area (Å²) in [6.07, 6.45) is 3.56. The summed E-state index contributed by atoms with van der Waals surface area (Å²) in [5.74, 6) is 0.753. The minimum absolute atomic E-state index is 0. The largest absolute Gasteiger partial charge is 0.380 e. The van der Waals surface area contributed by atoms with E-state index in [2.05, 4.69) is 37.9 Å². The first-order chi connectivity index (χ1) is 9.02. The Hall–Kier alpha value is -0.900. The van der Waals surface area contributed by atoms with Crippen molar-refractivity contribution in [1.82, 2.24) is 0 Å². The van der Waals surface area contributed by atoms with E-state index in [0.717, 1.165) is 43.3 Å². The second kappa shape index (κ2) is 7.63. The maximum atomic E-state index is 11.8. The van der Waals surface area contributed by atoms with Crippen molar-refractivity contribution >= 4 is 23.6 Å². The number of nitrogens with one attached hydrogen (secondary N) is 1. The molecule has 4 heteroatoms. The first kappa shape index (κ1) is 16.2. The Kier molecular flexibility index (Phi) is 6.49. The van der Waals surface area contributed by atoms with Crippen LogP contribution in [0.1, 0.15) is 48.4 Å². The van der Waals surface area contributed by atoms with Gasteiger partial charge in [-0.25, -0.2) is 0 Å². The molecule has 1 aromatic rings. The highest BCUT2D eigenvalue weighted by molar-refractivity contribution is 7.71. The SMILES string of the molecule is CCN(CC)c1c(NCCCCC(C)C)c(=O)c1=S.[HH]. The van der Waals surface area contributed by atoms with Gasteiger partial charge in [-0.05, 0) is 26.2 Å². The molecular weight excluding hydrogens is 256 g/mol. The van der Waals surface area contributed by atoms with Crippen molar-refractivity contribution in [2.45, 2.75) is 47.0 Å². The van der Waals surface area contributed by atoms with E-state index in [-0.39, 0.29) is 6.86 Å². The van der Waals surface area contributed by atoms with Gasteiger partial charge in [0.15, 0.2) is 0 Å². The lowest BCUT2D eigenvalue weighted by atomic mass is 10.1. The van der Waals surface area contributed by atoms with E-state index in [1.54, 1.807) is 0 Å². The normalized spacial score (nSPS) is 11.2. The van der Waals surface area contributed by atoms with Crippen LogP contribution in [0.2, 0.25) is 0 Å². The van der Waals surface area contributed by atoms with Gasteiger partial charge in [-0.1, -0.05) is 38.9 Å².